The lowest BCUT2D eigenvalue weighted by Gasteiger charge is -2.19. The summed E-state index contributed by atoms with van der Waals surface area (Å²) in [5, 5.41) is 6.35. The van der Waals surface area contributed by atoms with Crippen molar-refractivity contribution < 1.29 is 4.74 Å². The predicted octanol–water partition coefficient (Wildman–Crippen LogP) is 1.53. The van der Waals surface area contributed by atoms with Crippen LogP contribution in [0.2, 0.25) is 0 Å². The number of benzene rings is 1. The Labute approximate surface area is 71.7 Å². The van der Waals surface area contributed by atoms with Gasteiger partial charge in [0.1, 0.15) is 12.4 Å². The molecule has 2 rings (SSSR count). The molecule has 0 amide bonds. The van der Waals surface area contributed by atoms with E-state index in [1.807, 2.05) is 19.2 Å². The van der Waals surface area contributed by atoms with E-state index in [1.54, 1.807) is 0 Å². The van der Waals surface area contributed by atoms with Gasteiger partial charge in [-0.15, -0.1) is 0 Å². The maximum atomic E-state index is 5.43. The summed E-state index contributed by atoms with van der Waals surface area (Å²) in [6.07, 6.45) is 0. The van der Waals surface area contributed by atoms with Crippen molar-refractivity contribution >= 4 is 11.4 Å². The van der Waals surface area contributed by atoms with Crippen LogP contribution in [0.3, 0.4) is 0 Å². The van der Waals surface area contributed by atoms with Crippen molar-refractivity contribution in [3.63, 3.8) is 0 Å². The Morgan fingerprint density at radius 2 is 2.42 bits per heavy atom. The molecular weight excluding hydrogens is 152 g/mol. The molecule has 0 spiro atoms. The first-order chi connectivity index (χ1) is 5.90. The minimum absolute atomic E-state index is 0.756. The average molecular weight is 164 g/mol. The van der Waals surface area contributed by atoms with Crippen LogP contribution < -0.4 is 15.4 Å². The first kappa shape index (κ1) is 7.28. The highest BCUT2D eigenvalue weighted by Crippen LogP contribution is 2.29. The van der Waals surface area contributed by atoms with Gasteiger partial charge < -0.3 is 15.4 Å². The van der Waals surface area contributed by atoms with Gasteiger partial charge in [-0.2, -0.15) is 0 Å². The van der Waals surface area contributed by atoms with Gasteiger partial charge in [0.2, 0.25) is 0 Å². The van der Waals surface area contributed by atoms with Crippen LogP contribution in [0.1, 0.15) is 0 Å². The number of hydrogen-bond donors (Lipinski definition) is 2. The van der Waals surface area contributed by atoms with E-state index in [0.717, 1.165) is 30.3 Å². The zero-order valence-corrected chi connectivity index (χ0v) is 7.05. The number of nitrogens with one attached hydrogen (secondary N) is 2. The molecule has 0 radical (unpaired) electrons. The van der Waals surface area contributed by atoms with E-state index in [9.17, 15) is 0 Å². The largest absolute Gasteiger partial charge is 0.490 e. The second kappa shape index (κ2) is 2.93. The molecule has 12 heavy (non-hydrogen) atoms. The highest BCUT2D eigenvalue weighted by atomic mass is 16.5. The molecule has 3 heteroatoms. The summed E-state index contributed by atoms with van der Waals surface area (Å²) in [6, 6.07) is 6.04. The van der Waals surface area contributed by atoms with Crippen LogP contribution in [-0.2, 0) is 0 Å². The van der Waals surface area contributed by atoms with Crippen LogP contribution in [0.15, 0.2) is 18.2 Å². The Bertz CT molecular complexity index is 286. The SMILES string of the molecule is CNc1ccc2c(c1)NCCO2. The maximum absolute atomic E-state index is 5.43. The second-order valence-electron chi connectivity index (χ2n) is 2.74. The van der Waals surface area contributed by atoms with Crippen molar-refractivity contribution in [1.82, 2.24) is 0 Å². The van der Waals surface area contributed by atoms with Gasteiger partial charge in [0.25, 0.3) is 0 Å². The van der Waals surface area contributed by atoms with Gasteiger partial charge in [-0.05, 0) is 18.2 Å². The Morgan fingerprint density at radius 3 is 3.25 bits per heavy atom. The van der Waals surface area contributed by atoms with Gasteiger partial charge in [0.15, 0.2) is 0 Å². The van der Waals surface area contributed by atoms with E-state index in [-0.39, 0.29) is 0 Å². The molecule has 0 saturated heterocycles. The molecule has 1 aliphatic rings. The first-order valence-corrected chi connectivity index (χ1v) is 4.08. The van der Waals surface area contributed by atoms with Crippen LogP contribution in [-0.4, -0.2) is 20.2 Å². The van der Waals surface area contributed by atoms with Gasteiger partial charge in [-0.1, -0.05) is 0 Å². The molecule has 3 nitrogen and oxygen atoms in total. The van der Waals surface area contributed by atoms with Gasteiger partial charge >= 0.3 is 0 Å². The molecule has 2 N–H and O–H groups in total. The fourth-order valence-corrected chi connectivity index (χ4v) is 1.30. The molecule has 1 aromatic carbocycles. The Hall–Kier alpha value is -1.38. The van der Waals surface area contributed by atoms with Crippen LogP contribution in [0.5, 0.6) is 5.75 Å². The van der Waals surface area contributed by atoms with Crippen molar-refractivity contribution in [2.45, 2.75) is 0 Å². The molecule has 0 atom stereocenters. The summed E-state index contributed by atoms with van der Waals surface area (Å²) in [6.45, 7) is 1.64. The molecule has 0 aromatic heterocycles. The number of anilines is 2. The summed E-state index contributed by atoms with van der Waals surface area (Å²) in [4.78, 5) is 0. The monoisotopic (exact) mass is 164 g/mol. The van der Waals surface area contributed by atoms with Gasteiger partial charge in [-0.25, -0.2) is 0 Å². The maximum Gasteiger partial charge on any atom is 0.142 e. The molecule has 0 saturated carbocycles. The van der Waals surface area contributed by atoms with Crippen molar-refractivity contribution in [3.05, 3.63) is 18.2 Å². The fourth-order valence-electron chi connectivity index (χ4n) is 1.30. The van der Waals surface area contributed by atoms with Gasteiger partial charge in [-0.3, -0.25) is 0 Å². The molecule has 0 fully saturated rings. The van der Waals surface area contributed by atoms with Crippen LogP contribution in [0.4, 0.5) is 11.4 Å². The third-order valence-corrected chi connectivity index (χ3v) is 1.94. The first-order valence-electron chi connectivity index (χ1n) is 4.08. The predicted molar refractivity (Wildman–Crippen MR) is 50.0 cm³/mol. The lowest BCUT2D eigenvalue weighted by molar-refractivity contribution is 0.323. The molecule has 0 unspecified atom stereocenters. The average Bonchev–Trinajstić information content (AvgIpc) is 2.17. The smallest absolute Gasteiger partial charge is 0.142 e. The third kappa shape index (κ3) is 1.18. The van der Waals surface area contributed by atoms with E-state index >= 15 is 0 Å². The molecule has 1 heterocycles. The summed E-state index contributed by atoms with van der Waals surface area (Å²) < 4.78 is 5.43. The quantitative estimate of drug-likeness (QED) is 0.660. The van der Waals surface area contributed by atoms with Crippen LogP contribution >= 0.6 is 0 Å². The molecular formula is C9H12N2O. The Balaban J connectivity index is 2.36. The van der Waals surface area contributed by atoms with Gasteiger partial charge in [0.05, 0.1) is 5.69 Å². The number of rotatable bonds is 1. The summed E-state index contributed by atoms with van der Waals surface area (Å²) in [7, 11) is 1.91. The fraction of sp³-hybridized carbons (Fsp3) is 0.333. The van der Waals surface area contributed by atoms with Crippen LogP contribution in [0.25, 0.3) is 0 Å². The van der Waals surface area contributed by atoms with Crippen molar-refractivity contribution in [2.24, 2.45) is 0 Å². The van der Waals surface area contributed by atoms with E-state index < -0.39 is 0 Å². The molecule has 1 aromatic rings. The highest BCUT2D eigenvalue weighted by molar-refractivity contribution is 5.65. The number of hydrogen-bond acceptors (Lipinski definition) is 3. The van der Waals surface area contributed by atoms with Gasteiger partial charge in [0, 0.05) is 19.3 Å². The van der Waals surface area contributed by atoms with Crippen molar-refractivity contribution in [3.8, 4) is 5.75 Å². The lowest BCUT2D eigenvalue weighted by atomic mass is 10.2. The topological polar surface area (TPSA) is 33.3 Å². The van der Waals surface area contributed by atoms with Crippen LogP contribution in [0, 0.1) is 0 Å². The summed E-state index contributed by atoms with van der Waals surface area (Å²) in [5.74, 6) is 0.945. The normalized spacial score (nSPS) is 14.1. The van der Waals surface area contributed by atoms with E-state index in [1.165, 1.54) is 0 Å². The summed E-state index contributed by atoms with van der Waals surface area (Å²) >= 11 is 0. The number of fused-ring (bicyclic) bond motifs is 1. The second-order valence-corrected chi connectivity index (χ2v) is 2.74. The third-order valence-electron chi connectivity index (χ3n) is 1.94. The number of ether oxygens (including phenoxy) is 1. The summed E-state index contributed by atoms with van der Waals surface area (Å²) in [5.41, 5.74) is 2.18. The minimum Gasteiger partial charge on any atom is -0.490 e. The molecule has 0 bridgehead atoms. The Kier molecular flexibility index (Phi) is 1.78. The zero-order valence-electron chi connectivity index (χ0n) is 7.05. The van der Waals surface area contributed by atoms with E-state index in [0.29, 0.717) is 0 Å². The zero-order chi connectivity index (χ0) is 8.39. The molecule has 0 aliphatic carbocycles. The van der Waals surface area contributed by atoms with Crippen molar-refractivity contribution in [1.29, 1.82) is 0 Å². The molecule has 64 valence electrons. The lowest BCUT2D eigenvalue weighted by Crippen LogP contribution is -2.17. The Morgan fingerprint density at radius 1 is 1.50 bits per heavy atom. The van der Waals surface area contributed by atoms with E-state index in [2.05, 4.69) is 16.7 Å². The highest BCUT2D eigenvalue weighted by Gasteiger charge is 2.08. The molecule has 1 aliphatic heterocycles. The standard InChI is InChI=1S/C9H12N2O/c1-10-7-2-3-9-8(6-7)11-4-5-12-9/h2-3,6,10-11H,4-5H2,1H3. The van der Waals surface area contributed by atoms with E-state index in [4.69, 9.17) is 4.74 Å². The minimum atomic E-state index is 0.756. The van der Waals surface area contributed by atoms with Crippen molar-refractivity contribution in [2.75, 3.05) is 30.8 Å².